The minimum absolute atomic E-state index is 0.0231. The van der Waals surface area contributed by atoms with Crippen LogP contribution in [0.5, 0.6) is 0 Å². The van der Waals surface area contributed by atoms with Crippen LogP contribution in [0.15, 0.2) is 0 Å². The van der Waals surface area contributed by atoms with Crippen molar-refractivity contribution in [1.82, 2.24) is 0 Å². The average molecular weight is 260 g/mol. The zero-order chi connectivity index (χ0) is 7.44. The van der Waals surface area contributed by atoms with Gasteiger partial charge in [-0.15, -0.1) is 0 Å². The maximum absolute atomic E-state index is 10.2. The van der Waals surface area contributed by atoms with Crippen molar-refractivity contribution in [3.8, 4) is 0 Å². The van der Waals surface area contributed by atoms with Crippen LogP contribution in [-0.4, -0.2) is 21.2 Å². The van der Waals surface area contributed by atoms with Crippen molar-refractivity contribution in [2.75, 3.05) is 5.33 Å². The van der Waals surface area contributed by atoms with E-state index in [-0.39, 0.29) is 10.7 Å². The zero-order valence-electron chi connectivity index (χ0n) is 4.97. The number of aliphatic carboxylic acids is 1. The van der Waals surface area contributed by atoms with E-state index in [1.165, 1.54) is 0 Å². The van der Waals surface area contributed by atoms with Gasteiger partial charge in [0.15, 0.2) is 0 Å². The Morgan fingerprint density at radius 1 is 1.78 bits per heavy atom. The summed E-state index contributed by atoms with van der Waals surface area (Å²) < 4.78 is 0. The first-order chi connectivity index (χ1) is 4.09. The molecule has 1 N–H and O–H groups in total. The van der Waals surface area contributed by atoms with Gasteiger partial charge in [-0.1, -0.05) is 38.8 Å². The number of hydrogen-bond donors (Lipinski definition) is 1. The third-order valence-electron chi connectivity index (χ3n) is 1.08. The van der Waals surface area contributed by atoms with Crippen molar-refractivity contribution in [1.29, 1.82) is 0 Å². The lowest BCUT2D eigenvalue weighted by Crippen LogP contribution is -2.21. The lowest BCUT2D eigenvalue weighted by atomic mass is 10.1. The number of hydrogen-bond acceptors (Lipinski definition) is 1. The molecule has 0 radical (unpaired) electrons. The quantitative estimate of drug-likeness (QED) is 0.786. The van der Waals surface area contributed by atoms with Gasteiger partial charge in [0, 0.05) is 10.2 Å². The van der Waals surface area contributed by atoms with Crippen LogP contribution in [0.3, 0.4) is 0 Å². The van der Waals surface area contributed by atoms with Gasteiger partial charge in [-0.25, -0.2) is 0 Å². The van der Waals surface area contributed by atoms with Crippen molar-refractivity contribution in [3.05, 3.63) is 0 Å². The summed E-state index contributed by atoms with van der Waals surface area (Å²) in [5.74, 6) is -1.10. The van der Waals surface area contributed by atoms with Crippen molar-refractivity contribution < 1.29 is 9.90 Å². The molecule has 0 bridgehead atoms. The molecule has 0 amide bonds. The van der Waals surface area contributed by atoms with E-state index in [1.54, 1.807) is 6.92 Å². The first-order valence-corrected chi connectivity index (χ1v) is 4.56. The number of alkyl halides is 2. The molecule has 4 heteroatoms. The Kier molecular flexibility index (Phi) is 4.48. The van der Waals surface area contributed by atoms with E-state index in [0.29, 0.717) is 5.33 Å². The third kappa shape index (κ3) is 3.20. The van der Waals surface area contributed by atoms with Crippen molar-refractivity contribution in [3.63, 3.8) is 0 Å². The maximum Gasteiger partial charge on any atom is 0.307 e. The molecule has 0 aromatic heterocycles. The first kappa shape index (κ1) is 9.43. The highest BCUT2D eigenvalue weighted by Crippen LogP contribution is 2.14. The topological polar surface area (TPSA) is 37.3 Å². The minimum Gasteiger partial charge on any atom is -0.481 e. The van der Waals surface area contributed by atoms with Crippen LogP contribution < -0.4 is 0 Å². The predicted octanol–water partition coefficient (Wildman–Crippen LogP) is 1.87. The van der Waals surface area contributed by atoms with E-state index in [9.17, 15) is 4.79 Å². The largest absolute Gasteiger partial charge is 0.481 e. The molecule has 0 aliphatic rings. The van der Waals surface area contributed by atoms with Gasteiger partial charge in [0.2, 0.25) is 0 Å². The fourth-order valence-electron chi connectivity index (χ4n) is 0.288. The zero-order valence-corrected chi connectivity index (χ0v) is 8.15. The van der Waals surface area contributed by atoms with Crippen LogP contribution in [0.1, 0.15) is 6.92 Å². The van der Waals surface area contributed by atoms with Crippen LogP contribution in [0.25, 0.3) is 0 Å². The highest BCUT2D eigenvalue weighted by molar-refractivity contribution is 9.12. The van der Waals surface area contributed by atoms with Crippen LogP contribution in [0.2, 0.25) is 0 Å². The second-order valence-electron chi connectivity index (χ2n) is 1.80. The molecule has 0 aromatic carbocycles. The fourth-order valence-corrected chi connectivity index (χ4v) is 1.08. The predicted molar refractivity (Wildman–Crippen MR) is 43.3 cm³/mol. The monoisotopic (exact) mass is 258 g/mol. The van der Waals surface area contributed by atoms with E-state index in [0.717, 1.165) is 0 Å². The van der Waals surface area contributed by atoms with E-state index < -0.39 is 5.97 Å². The van der Waals surface area contributed by atoms with Gasteiger partial charge in [-0.2, -0.15) is 0 Å². The minimum atomic E-state index is -0.767. The summed E-state index contributed by atoms with van der Waals surface area (Å²) in [6.07, 6.45) is 0. The summed E-state index contributed by atoms with van der Waals surface area (Å²) in [6, 6.07) is 0. The maximum atomic E-state index is 10.2. The summed E-state index contributed by atoms with van der Waals surface area (Å²) in [4.78, 5) is 10.3. The molecular weight excluding hydrogens is 252 g/mol. The number of carboxylic acids is 1. The smallest absolute Gasteiger partial charge is 0.307 e. The van der Waals surface area contributed by atoms with E-state index in [4.69, 9.17) is 5.11 Å². The molecule has 0 fully saturated rings. The molecule has 9 heavy (non-hydrogen) atoms. The van der Waals surface area contributed by atoms with Crippen LogP contribution in [0, 0.1) is 5.92 Å². The van der Waals surface area contributed by atoms with Crippen molar-refractivity contribution in [2.24, 2.45) is 5.92 Å². The highest BCUT2D eigenvalue weighted by atomic mass is 79.9. The highest BCUT2D eigenvalue weighted by Gasteiger charge is 2.18. The van der Waals surface area contributed by atoms with Gasteiger partial charge in [0.05, 0.1) is 5.92 Å². The molecule has 2 atom stereocenters. The lowest BCUT2D eigenvalue weighted by Gasteiger charge is -2.09. The molecule has 0 spiro atoms. The van der Waals surface area contributed by atoms with Crippen LogP contribution in [-0.2, 0) is 4.79 Å². The normalized spacial score (nSPS) is 16.8. The summed E-state index contributed by atoms with van der Waals surface area (Å²) in [6.45, 7) is 1.67. The Labute approximate surface area is 70.9 Å². The van der Waals surface area contributed by atoms with E-state index in [1.807, 2.05) is 0 Å². The van der Waals surface area contributed by atoms with Crippen molar-refractivity contribution in [2.45, 2.75) is 11.8 Å². The number of carbonyl (C=O) groups is 1. The molecule has 0 saturated heterocycles. The third-order valence-corrected chi connectivity index (χ3v) is 3.76. The summed E-state index contributed by atoms with van der Waals surface area (Å²) in [5.41, 5.74) is 0. The molecule has 0 heterocycles. The van der Waals surface area contributed by atoms with Gasteiger partial charge in [0.1, 0.15) is 0 Å². The molecule has 0 rings (SSSR count). The van der Waals surface area contributed by atoms with Gasteiger partial charge in [-0.05, 0) is 0 Å². The molecule has 2 unspecified atom stereocenters. The second kappa shape index (κ2) is 4.28. The Balaban J connectivity index is 3.72. The lowest BCUT2D eigenvalue weighted by molar-refractivity contribution is -0.140. The Bertz CT molecular complexity index is 105. The second-order valence-corrected chi connectivity index (χ2v) is 3.62. The molecule has 54 valence electrons. The molecule has 0 aromatic rings. The SMILES string of the molecule is CC(C(=O)O)C(Br)CBr. The van der Waals surface area contributed by atoms with Crippen LogP contribution in [0.4, 0.5) is 0 Å². The molecule has 0 saturated carbocycles. The standard InChI is InChI=1S/C5H8Br2O2/c1-3(5(8)9)4(7)2-6/h3-4H,2H2,1H3,(H,8,9). The van der Waals surface area contributed by atoms with E-state index >= 15 is 0 Å². The van der Waals surface area contributed by atoms with Crippen molar-refractivity contribution >= 4 is 37.8 Å². The summed E-state index contributed by atoms with van der Waals surface area (Å²) in [7, 11) is 0. The summed E-state index contributed by atoms with van der Waals surface area (Å²) >= 11 is 6.39. The number of rotatable bonds is 3. The molecular formula is C5H8Br2O2. The number of carboxylic acid groups (broad SMARTS) is 1. The molecule has 0 aliphatic heterocycles. The Morgan fingerprint density at radius 2 is 2.22 bits per heavy atom. The van der Waals surface area contributed by atoms with Gasteiger partial charge < -0.3 is 5.11 Å². The average Bonchev–Trinajstić information content (AvgIpc) is 1.84. The first-order valence-electron chi connectivity index (χ1n) is 2.52. The Hall–Kier alpha value is 0.430. The molecule has 0 aliphatic carbocycles. The van der Waals surface area contributed by atoms with Crippen LogP contribution >= 0.6 is 31.9 Å². The van der Waals surface area contributed by atoms with E-state index in [2.05, 4.69) is 31.9 Å². The fraction of sp³-hybridized carbons (Fsp3) is 0.800. The molecule has 2 nitrogen and oxygen atoms in total. The number of halogens is 2. The van der Waals surface area contributed by atoms with Gasteiger partial charge in [-0.3, -0.25) is 4.79 Å². The Morgan fingerprint density at radius 3 is 2.33 bits per heavy atom. The van der Waals surface area contributed by atoms with Gasteiger partial charge in [0.25, 0.3) is 0 Å². The summed E-state index contributed by atoms with van der Waals surface area (Å²) in [5, 5.41) is 9.10. The van der Waals surface area contributed by atoms with Gasteiger partial charge >= 0.3 is 5.97 Å².